The molecule has 3 rings (SSSR count). The summed E-state index contributed by atoms with van der Waals surface area (Å²) < 4.78 is 40.3. The van der Waals surface area contributed by atoms with Crippen molar-refractivity contribution < 1.29 is 13.2 Å². The predicted octanol–water partition coefficient (Wildman–Crippen LogP) is 3.27. The fourth-order valence-corrected chi connectivity index (χ4v) is 2.86. The highest BCUT2D eigenvalue weighted by Crippen LogP contribution is 2.37. The summed E-state index contributed by atoms with van der Waals surface area (Å²) in [5.41, 5.74) is 3.06. The lowest BCUT2D eigenvalue weighted by molar-refractivity contribution is -0.177. The van der Waals surface area contributed by atoms with Crippen molar-refractivity contribution in [3.05, 3.63) is 23.1 Å². The highest BCUT2D eigenvalue weighted by atomic mass is 19.4. The summed E-state index contributed by atoms with van der Waals surface area (Å²) in [5.74, 6) is -0.651. The van der Waals surface area contributed by atoms with Gasteiger partial charge in [-0.25, -0.2) is 4.98 Å². The third-order valence-electron chi connectivity index (χ3n) is 3.95. The quantitative estimate of drug-likeness (QED) is 0.925. The van der Waals surface area contributed by atoms with Crippen LogP contribution in [0, 0.1) is 12.8 Å². The van der Waals surface area contributed by atoms with Crippen LogP contribution < -0.4 is 0 Å². The Kier molecular flexibility index (Phi) is 3.30. The summed E-state index contributed by atoms with van der Waals surface area (Å²) in [6, 6.07) is 1.90. The molecule has 0 radical (unpaired) electrons. The largest absolute Gasteiger partial charge is 0.392 e. The molecule has 1 N–H and O–H groups in total. The van der Waals surface area contributed by atoms with Crippen molar-refractivity contribution in [1.82, 2.24) is 19.7 Å². The maximum Gasteiger partial charge on any atom is 0.392 e. The molecule has 1 atom stereocenters. The van der Waals surface area contributed by atoms with Gasteiger partial charge in [0.05, 0.1) is 17.3 Å². The summed E-state index contributed by atoms with van der Waals surface area (Å²) in [6.07, 6.45) is -3.65. The van der Waals surface area contributed by atoms with Gasteiger partial charge in [-0.05, 0) is 32.8 Å². The summed E-state index contributed by atoms with van der Waals surface area (Å²) in [6.45, 7) is 4.55. The van der Waals surface area contributed by atoms with Crippen LogP contribution in [-0.2, 0) is 19.4 Å². The molecular weight excluding hydrogens is 281 g/mol. The van der Waals surface area contributed by atoms with E-state index in [0.29, 0.717) is 24.5 Å². The van der Waals surface area contributed by atoms with Gasteiger partial charge in [-0.3, -0.25) is 4.68 Å². The first-order valence-corrected chi connectivity index (χ1v) is 7.07. The molecule has 0 spiro atoms. The minimum absolute atomic E-state index is 0.00885. The summed E-state index contributed by atoms with van der Waals surface area (Å²) in [5, 5.41) is 4.34. The number of aromatic nitrogens is 4. The first kappa shape index (κ1) is 14.2. The molecule has 0 fully saturated rings. The lowest BCUT2D eigenvalue weighted by Gasteiger charge is -2.23. The smallest absolute Gasteiger partial charge is 0.340 e. The summed E-state index contributed by atoms with van der Waals surface area (Å²) in [7, 11) is 0. The van der Waals surface area contributed by atoms with Crippen molar-refractivity contribution in [2.45, 2.75) is 45.8 Å². The van der Waals surface area contributed by atoms with Crippen LogP contribution in [0.2, 0.25) is 0 Å². The van der Waals surface area contributed by atoms with Crippen molar-refractivity contribution in [3.8, 4) is 11.5 Å². The number of fused-ring (bicyclic) bond motifs is 1. The second-order valence-corrected chi connectivity index (χ2v) is 5.48. The van der Waals surface area contributed by atoms with Crippen LogP contribution in [0.15, 0.2) is 6.07 Å². The van der Waals surface area contributed by atoms with Crippen molar-refractivity contribution >= 4 is 0 Å². The number of hydrogen-bond donors (Lipinski definition) is 1. The SMILES string of the molecule is CCn1nc(C)cc1-c1nc2c([nH]1)CC(C(F)(F)F)CC2. The summed E-state index contributed by atoms with van der Waals surface area (Å²) in [4.78, 5) is 7.54. The van der Waals surface area contributed by atoms with E-state index in [0.717, 1.165) is 17.1 Å². The Hall–Kier alpha value is -1.79. The molecule has 0 aliphatic heterocycles. The van der Waals surface area contributed by atoms with E-state index >= 15 is 0 Å². The molecule has 0 bridgehead atoms. The number of aryl methyl sites for hydroxylation is 3. The Labute approximate surface area is 120 Å². The first-order chi connectivity index (χ1) is 9.88. The molecule has 0 saturated carbocycles. The zero-order chi connectivity index (χ0) is 15.2. The minimum atomic E-state index is -4.13. The van der Waals surface area contributed by atoms with Gasteiger partial charge in [-0.15, -0.1) is 0 Å². The molecule has 1 unspecified atom stereocenters. The number of rotatable bonds is 2. The highest BCUT2D eigenvalue weighted by molar-refractivity contribution is 5.52. The number of H-pyrrole nitrogens is 1. The second kappa shape index (κ2) is 4.89. The van der Waals surface area contributed by atoms with Gasteiger partial charge in [0.15, 0.2) is 5.82 Å². The second-order valence-electron chi connectivity index (χ2n) is 5.48. The van der Waals surface area contributed by atoms with Gasteiger partial charge in [-0.1, -0.05) is 0 Å². The van der Waals surface area contributed by atoms with Crippen LogP contribution in [0.3, 0.4) is 0 Å². The average Bonchev–Trinajstić information content (AvgIpc) is 2.99. The molecule has 2 aromatic rings. The highest BCUT2D eigenvalue weighted by Gasteiger charge is 2.42. The minimum Gasteiger partial charge on any atom is -0.340 e. The molecular formula is C14H17F3N4. The van der Waals surface area contributed by atoms with Crippen molar-refractivity contribution in [1.29, 1.82) is 0 Å². The third-order valence-corrected chi connectivity index (χ3v) is 3.95. The fraction of sp³-hybridized carbons (Fsp3) is 0.571. The van der Waals surface area contributed by atoms with Crippen molar-refractivity contribution in [2.75, 3.05) is 0 Å². The third kappa shape index (κ3) is 2.56. The van der Waals surface area contributed by atoms with E-state index in [1.54, 1.807) is 4.68 Å². The van der Waals surface area contributed by atoms with E-state index in [4.69, 9.17) is 0 Å². The fourth-order valence-electron chi connectivity index (χ4n) is 2.86. The van der Waals surface area contributed by atoms with E-state index in [9.17, 15) is 13.2 Å². The number of aromatic amines is 1. The van der Waals surface area contributed by atoms with Crippen LogP contribution in [-0.4, -0.2) is 25.9 Å². The molecule has 1 aliphatic rings. The number of imidazole rings is 1. The van der Waals surface area contributed by atoms with E-state index in [1.807, 2.05) is 19.9 Å². The van der Waals surface area contributed by atoms with Crippen LogP contribution in [0.1, 0.15) is 30.4 Å². The Morgan fingerprint density at radius 3 is 2.86 bits per heavy atom. The maximum atomic E-state index is 12.8. The van der Waals surface area contributed by atoms with E-state index in [2.05, 4.69) is 15.1 Å². The van der Waals surface area contributed by atoms with Gasteiger partial charge in [-0.2, -0.15) is 18.3 Å². The average molecular weight is 298 g/mol. The first-order valence-electron chi connectivity index (χ1n) is 7.07. The molecule has 0 aromatic carbocycles. The Balaban J connectivity index is 1.93. The molecule has 7 heteroatoms. The van der Waals surface area contributed by atoms with Crippen LogP contribution in [0.25, 0.3) is 11.5 Å². The standard InChI is InChI=1S/C14H17F3N4/c1-3-21-12(6-8(2)20-21)13-18-10-5-4-9(14(15,16)17)7-11(10)19-13/h6,9H,3-5,7H2,1-2H3,(H,18,19). The van der Waals surface area contributed by atoms with Crippen LogP contribution >= 0.6 is 0 Å². The van der Waals surface area contributed by atoms with Gasteiger partial charge in [0, 0.05) is 18.7 Å². The lowest BCUT2D eigenvalue weighted by Crippen LogP contribution is -2.28. The zero-order valence-corrected chi connectivity index (χ0v) is 12.0. The number of hydrogen-bond acceptors (Lipinski definition) is 2. The molecule has 114 valence electrons. The summed E-state index contributed by atoms with van der Waals surface area (Å²) >= 11 is 0. The number of alkyl halides is 3. The normalized spacial score (nSPS) is 18.8. The molecule has 4 nitrogen and oxygen atoms in total. The number of nitrogens with zero attached hydrogens (tertiary/aromatic N) is 3. The maximum absolute atomic E-state index is 12.8. The van der Waals surface area contributed by atoms with Gasteiger partial charge >= 0.3 is 6.18 Å². The number of halogens is 3. The van der Waals surface area contributed by atoms with Crippen LogP contribution in [0.5, 0.6) is 0 Å². The van der Waals surface area contributed by atoms with Gasteiger partial charge in [0.25, 0.3) is 0 Å². The predicted molar refractivity (Wildman–Crippen MR) is 71.8 cm³/mol. The Bertz CT molecular complexity index is 654. The monoisotopic (exact) mass is 298 g/mol. The topological polar surface area (TPSA) is 46.5 Å². The van der Waals surface area contributed by atoms with Gasteiger partial charge < -0.3 is 4.98 Å². The van der Waals surface area contributed by atoms with Crippen molar-refractivity contribution in [3.63, 3.8) is 0 Å². The number of nitrogens with one attached hydrogen (secondary N) is 1. The zero-order valence-electron chi connectivity index (χ0n) is 12.0. The van der Waals surface area contributed by atoms with E-state index < -0.39 is 12.1 Å². The van der Waals surface area contributed by atoms with E-state index in [-0.39, 0.29) is 12.8 Å². The molecule has 2 aromatic heterocycles. The Morgan fingerprint density at radius 1 is 1.43 bits per heavy atom. The van der Waals surface area contributed by atoms with E-state index in [1.165, 1.54) is 0 Å². The molecule has 21 heavy (non-hydrogen) atoms. The van der Waals surface area contributed by atoms with Crippen LogP contribution in [0.4, 0.5) is 13.2 Å². The van der Waals surface area contributed by atoms with Gasteiger partial charge in [0.1, 0.15) is 5.69 Å². The molecule has 0 amide bonds. The van der Waals surface area contributed by atoms with Crippen molar-refractivity contribution in [2.24, 2.45) is 5.92 Å². The van der Waals surface area contributed by atoms with Gasteiger partial charge in [0.2, 0.25) is 0 Å². The Morgan fingerprint density at radius 2 is 2.19 bits per heavy atom. The lowest BCUT2D eigenvalue weighted by atomic mass is 9.89. The molecule has 0 saturated heterocycles. The molecule has 1 aliphatic carbocycles. The molecule has 2 heterocycles.